The van der Waals surface area contributed by atoms with Crippen molar-refractivity contribution in [2.75, 3.05) is 14.2 Å². The fourth-order valence-corrected chi connectivity index (χ4v) is 5.50. The minimum atomic E-state index is 0.894. The van der Waals surface area contributed by atoms with Gasteiger partial charge in [-0.15, -0.1) is 0 Å². The van der Waals surface area contributed by atoms with E-state index in [1.807, 2.05) is 0 Å². The predicted octanol–water partition coefficient (Wildman–Crippen LogP) is 7.31. The van der Waals surface area contributed by atoms with Crippen molar-refractivity contribution in [3.63, 3.8) is 0 Å². The van der Waals surface area contributed by atoms with Crippen molar-refractivity contribution in [3.8, 4) is 56.0 Å². The molecule has 0 bridgehead atoms. The van der Waals surface area contributed by atoms with E-state index in [4.69, 9.17) is 9.47 Å². The van der Waals surface area contributed by atoms with Crippen LogP contribution in [0.1, 0.15) is 0 Å². The van der Waals surface area contributed by atoms with Crippen molar-refractivity contribution in [2.24, 2.45) is 0 Å². The molecule has 2 aliphatic carbocycles. The average Bonchev–Trinajstić information content (AvgIpc) is 3.31. The van der Waals surface area contributed by atoms with Gasteiger partial charge in [0.15, 0.2) is 0 Å². The topological polar surface area (TPSA) is 18.5 Å². The van der Waals surface area contributed by atoms with Gasteiger partial charge in [0.1, 0.15) is 11.5 Å². The summed E-state index contributed by atoms with van der Waals surface area (Å²) in [6, 6.07) is 26.3. The molecule has 0 aromatic heterocycles. The molecule has 0 unspecified atom stereocenters. The van der Waals surface area contributed by atoms with Crippen molar-refractivity contribution in [1.82, 2.24) is 0 Å². The fourth-order valence-electron chi connectivity index (χ4n) is 5.50. The van der Waals surface area contributed by atoms with Gasteiger partial charge in [0.2, 0.25) is 0 Å². The quantitative estimate of drug-likeness (QED) is 0.290. The molecule has 2 nitrogen and oxygen atoms in total. The Morgan fingerprint density at radius 3 is 1.60 bits per heavy atom. The minimum Gasteiger partial charge on any atom is -0.497 e. The van der Waals surface area contributed by atoms with E-state index in [1.54, 1.807) is 14.2 Å². The number of benzene rings is 5. The lowest BCUT2D eigenvalue weighted by Crippen LogP contribution is -1.86. The van der Waals surface area contributed by atoms with Crippen LogP contribution in [0.3, 0.4) is 0 Å². The monoisotopic (exact) mass is 386 g/mol. The summed E-state index contributed by atoms with van der Waals surface area (Å²) in [5.74, 6) is 1.79. The van der Waals surface area contributed by atoms with Gasteiger partial charge in [-0.3, -0.25) is 0 Å². The number of methoxy groups -OCH3 is 2. The Morgan fingerprint density at radius 2 is 0.967 bits per heavy atom. The van der Waals surface area contributed by atoms with Gasteiger partial charge in [-0.2, -0.15) is 0 Å². The summed E-state index contributed by atoms with van der Waals surface area (Å²) in [5, 5.41) is 5.33. The smallest absolute Gasteiger partial charge is 0.119 e. The van der Waals surface area contributed by atoms with E-state index in [1.165, 1.54) is 66.1 Å². The fraction of sp³-hybridized carbons (Fsp3) is 0.0714. The van der Waals surface area contributed by atoms with Crippen molar-refractivity contribution in [2.45, 2.75) is 0 Å². The Kier molecular flexibility index (Phi) is 2.91. The Morgan fingerprint density at radius 1 is 0.467 bits per heavy atom. The SMILES string of the molecule is COc1ccc2c(c1)-c1ccc3c4c(c5ccccc5c-2c14)-c1cc(OC)ccc1-3. The normalized spacial score (nSPS) is 12.3. The van der Waals surface area contributed by atoms with E-state index >= 15 is 0 Å². The van der Waals surface area contributed by atoms with Crippen LogP contribution in [-0.2, 0) is 0 Å². The van der Waals surface area contributed by atoms with Gasteiger partial charge in [0.25, 0.3) is 0 Å². The minimum absolute atomic E-state index is 0.894. The average molecular weight is 386 g/mol. The van der Waals surface area contributed by atoms with Gasteiger partial charge in [0, 0.05) is 0 Å². The Labute approximate surface area is 174 Å². The molecule has 0 saturated heterocycles. The summed E-state index contributed by atoms with van der Waals surface area (Å²) < 4.78 is 11.1. The van der Waals surface area contributed by atoms with E-state index in [2.05, 4.69) is 72.8 Å². The van der Waals surface area contributed by atoms with Gasteiger partial charge < -0.3 is 9.47 Å². The number of hydrogen-bond acceptors (Lipinski definition) is 2. The summed E-state index contributed by atoms with van der Waals surface area (Å²) in [6.45, 7) is 0. The molecule has 0 aliphatic heterocycles. The van der Waals surface area contributed by atoms with Crippen molar-refractivity contribution in [3.05, 3.63) is 72.8 Å². The van der Waals surface area contributed by atoms with Crippen molar-refractivity contribution >= 4 is 21.5 Å². The third-order valence-corrected chi connectivity index (χ3v) is 6.74. The third-order valence-electron chi connectivity index (χ3n) is 6.74. The molecule has 5 aromatic carbocycles. The molecule has 0 spiro atoms. The molecule has 0 atom stereocenters. The first-order chi connectivity index (χ1) is 14.8. The lowest BCUT2D eigenvalue weighted by Gasteiger charge is -2.12. The molecule has 5 aromatic rings. The largest absolute Gasteiger partial charge is 0.497 e. The van der Waals surface area contributed by atoms with E-state index < -0.39 is 0 Å². The van der Waals surface area contributed by atoms with Gasteiger partial charge in [0.05, 0.1) is 14.2 Å². The zero-order valence-corrected chi connectivity index (χ0v) is 16.7. The van der Waals surface area contributed by atoms with Crippen LogP contribution in [0.5, 0.6) is 11.5 Å². The standard InChI is InChI=1S/C28H18O2/c1-29-15-8-10-21-23(13-15)22-12-11-20-17-9-7-16(30-2)14-24(17)26-19-6-4-3-5-18(19)25(21)28(22)27(20)26/h3-14H,1-2H3. The molecule has 0 fully saturated rings. The maximum atomic E-state index is 5.57. The van der Waals surface area contributed by atoms with Crippen LogP contribution in [0, 0.1) is 0 Å². The lowest BCUT2D eigenvalue weighted by atomic mass is 9.90. The van der Waals surface area contributed by atoms with Crippen LogP contribution in [0.4, 0.5) is 0 Å². The van der Waals surface area contributed by atoms with E-state index in [0.29, 0.717) is 0 Å². The maximum absolute atomic E-state index is 5.57. The van der Waals surface area contributed by atoms with Gasteiger partial charge in [-0.05, 0) is 90.3 Å². The molecule has 0 saturated carbocycles. The Balaban J connectivity index is 1.74. The first-order valence-electron chi connectivity index (χ1n) is 10.2. The molecule has 2 aliphatic rings. The van der Waals surface area contributed by atoms with Crippen molar-refractivity contribution in [1.29, 1.82) is 0 Å². The second kappa shape index (κ2) is 5.43. The highest BCUT2D eigenvalue weighted by Gasteiger charge is 2.32. The van der Waals surface area contributed by atoms with Crippen LogP contribution < -0.4 is 9.47 Å². The molecule has 142 valence electrons. The molecule has 7 rings (SSSR count). The Bertz CT molecular complexity index is 1560. The Hall–Kier alpha value is -3.78. The predicted molar refractivity (Wildman–Crippen MR) is 123 cm³/mol. The second-order valence-electron chi connectivity index (χ2n) is 8.03. The number of hydrogen-bond donors (Lipinski definition) is 0. The zero-order chi connectivity index (χ0) is 20.0. The molecule has 2 heteroatoms. The summed E-state index contributed by atoms with van der Waals surface area (Å²) in [6.07, 6.45) is 0. The summed E-state index contributed by atoms with van der Waals surface area (Å²) in [5.41, 5.74) is 10.4. The third kappa shape index (κ3) is 1.76. The first-order valence-corrected chi connectivity index (χ1v) is 10.2. The first kappa shape index (κ1) is 16.1. The van der Waals surface area contributed by atoms with Crippen LogP contribution in [0.2, 0.25) is 0 Å². The number of fused-ring (bicyclic) bond motifs is 9. The molecule has 0 amide bonds. The highest BCUT2D eigenvalue weighted by Crippen LogP contribution is 2.59. The van der Waals surface area contributed by atoms with Crippen LogP contribution in [0.25, 0.3) is 66.1 Å². The summed E-state index contributed by atoms with van der Waals surface area (Å²) in [7, 11) is 3.46. The van der Waals surface area contributed by atoms with Crippen LogP contribution in [-0.4, -0.2) is 14.2 Å². The highest BCUT2D eigenvalue weighted by molar-refractivity contribution is 6.34. The van der Waals surface area contributed by atoms with Gasteiger partial charge >= 0.3 is 0 Å². The van der Waals surface area contributed by atoms with Crippen molar-refractivity contribution < 1.29 is 9.47 Å². The molecule has 0 heterocycles. The lowest BCUT2D eigenvalue weighted by molar-refractivity contribution is 0.415. The maximum Gasteiger partial charge on any atom is 0.119 e. The highest BCUT2D eigenvalue weighted by atomic mass is 16.5. The van der Waals surface area contributed by atoms with E-state index in [0.717, 1.165) is 11.5 Å². The van der Waals surface area contributed by atoms with E-state index in [-0.39, 0.29) is 0 Å². The molecule has 0 N–H and O–H groups in total. The van der Waals surface area contributed by atoms with Gasteiger partial charge in [-0.25, -0.2) is 0 Å². The molecular weight excluding hydrogens is 368 g/mol. The zero-order valence-electron chi connectivity index (χ0n) is 16.7. The molecule has 0 radical (unpaired) electrons. The summed E-state index contributed by atoms with van der Waals surface area (Å²) >= 11 is 0. The molecular formula is C28H18O2. The van der Waals surface area contributed by atoms with E-state index in [9.17, 15) is 0 Å². The van der Waals surface area contributed by atoms with Gasteiger partial charge in [-0.1, -0.05) is 48.5 Å². The second-order valence-corrected chi connectivity index (χ2v) is 8.03. The number of rotatable bonds is 2. The molecule has 30 heavy (non-hydrogen) atoms. The summed E-state index contributed by atoms with van der Waals surface area (Å²) in [4.78, 5) is 0. The van der Waals surface area contributed by atoms with Crippen LogP contribution in [0.15, 0.2) is 72.8 Å². The van der Waals surface area contributed by atoms with Crippen LogP contribution >= 0.6 is 0 Å². The number of ether oxygens (including phenoxy) is 2.